The molecule has 2 amide bonds. The molecule has 0 bridgehead atoms. The molecular weight excluding hydrogens is 465 g/mol. The number of thiocarbonyl (C=S) groups is 1. The molecule has 0 radical (unpaired) electrons. The number of nitrogens with one attached hydrogen (secondary N) is 3. The molecule has 6 nitrogen and oxygen atoms in total. The smallest absolute Gasteiger partial charge is 0.276 e. The van der Waals surface area contributed by atoms with Crippen LogP contribution < -0.4 is 20.9 Å². The van der Waals surface area contributed by atoms with Crippen LogP contribution in [0.2, 0.25) is 0 Å². The summed E-state index contributed by atoms with van der Waals surface area (Å²) in [4.78, 5) is 23.9. The predicted octanol–water partition coefficient (Wildman–Crippen LogP) is 2.62. The summed E-state index contributed by atoms with van der Waals surface area (Å²) >= 11 is 7.16. The first-order chi connectivity index (χ1) is 12.3. The zero-order chi connectivity index (χ0) is 19.1. The molecule has 0 atom stereocenters. The van der Waals surface area contributed by atoms with Crippen LogP contribution in [0.4, 0.5) is 0 Å². The molecule has 2 aromatic carbocycles. The summed E-state index contributed by atoms with van der Waals surface area (Å²) in [6, 6.07) is 12.7. The number of carbonyl (C=O) groups excluding carboxylic acids is 2. The van der Waals surface area contributed by atoms with Gasteiger partial charge in [0.1, 0.15) is 5.75 Å². The fourth-order valence-corrected chi connectivity index (χ4v) is 2.55. The van der Waals surface area contributed by atoms with Crippen molar-refractivity contribution in [1.82, 2.24) is 16.2 Å². The maximum Gasteiger partial charge on any atom is 0.276 e. The minimum atomic E-state index is -0.424. The molecule has 0 spiro atoms. The molecule has 8 heteroatoms. The highest BCUT2D eigenvalue weighted by atomic mass is 127. The van der Waals surface area contributed by atoms with Gasteiger partial charge in [-0.25, -0.2) is 0 Å². The van der Waals surface area contributed by atoms with Crippen LogP contribution in [0, 0.1) is 17.4 Å². The molecule has 0 aliphatic rings. The first kappa shape index (κ1) is 20.1. The second-order valence-corrected chi connectivity index (χ2v) is 7.09. The fourth-order valence-electron chi connectivity index (χ4n) is 1.89. The molecule has 0 unspecified atom stereocenters. The lowest BCUT2D eigenvalue weighted by atomic mass is 10.1. The highest BCUT2D eigenvalue weighted by molar-refractivity contribution is 14.1. The van der Waals surface area contributed by atoms with Crippen LogP contribution in [-0.4, -0.2) is 23.5 Å². The van der Waals surface area contributed by atoms with Gasteiger partial charge in [0.25, 0.3) is 11.8 Å². The molecule has 0 aliphatic carbocycles. The number of aryl methyl sites for hydroxylation is 2. The van der Waals surface area contributed by atoms with Crippen molar-refractivity contribution in [3.05, 3.63) is 62.7 Å². The maximum absolute atomic E-state index is 12.1. The van der Waals surface area contributed by atoms with Crippen molar-refractivity contribution in [3.63, 3.8) is 0 Å². The molecule has 136 valence electrons. The summed E-state index contributed by atoms with van der Waals surface area (Å²) in [5.41, 5.74) is 7.52. The quantitative estimate of drug-likeness (QED) is 0.354. The number of carbonyl (C=O) groups is 2. The van der Waals surface area contributed by atoms with E-state index >= 15 is 0 Å². The first-order valence-electron chi connectivity index (χ1n) is 7.71. The van der Waals surface area contributed by atoms with E-state index in [0.29, 0.717) is 11.3 Å². The Labute approximate surface area is 170 Å². The molecule has 0 aromatic heterocycles. The minimum absolute atomic E-state index is 0.00531. The van der Waals surface area contributed by atoms with Crippen LogP contribution in [0.5, 0.6) is 5.75 Å². The van der Waals surface area contributed by atoms with Crippen molar-refractivity contribution in [2.75, 3.05) is 6.61 Å². The van der Waals surface area contributed by atoms with E-state index in [1.54, 1.807) is 24.3 Å². The Morgan fingerprint density at radius 1 is 1.08 bits per heavy atom. The van der Waals surface area contributed by atoms with Crippen LogP contribution in [-0.2, 0) is 4.79 Å². The molecule has 3 N–H and O–H groups in total. The summed E-state index contributed by atoms with van der Waals surface area (Å²) < 4.78 is 6.33. The van der Waals surface area contributed by atoms with Crippen molar-refractivity contribution in [1.29, 1.82) is 0 Å². The second kappa shape index (κ2) is 9.48. The van der Waals surface area contributed by atoms with Gasteiger partial charge in [-0.1, -0.05) is 23.8 Å². The van der Waals surface area contributed by atoms with Crippen LogP contribution in [0.3, 0.4) is 0 Å². The van der Waals surface area contributed by atoms with Crippen LogP contribution >= 0.6 is 34.8 Å². The molecule has 0 saturated heterocycles. The van der Waals surface area contributed by atoms with Crippen molar-refractivity contribution in [2.24, 2.45) is 0 Å². The Morgan fingerprint density at radius 3 is 2.42 bits per heavy atom. The Bertz CT molecular complexity index is 825. The van der Waals surface area contributed by atoms with E-state index < -0.39 is 5.91 Å². The Kier molecular flexibility index (Phi) is 7.34. The van der Waals surface area contributed by atoms with Crippen molar-refractivity contribution in [3.8, 4) is 5.75 Å². The third-order valence-corrected chi connectivity index (χ3v) is 4.73. The number of hydrogen-bond donors (Lipinski definition) is 3. The van der Waals surface area contributed by atoms with Crippen molar-refractivity contribution in [2.45, 2.75) is 13.8 Å². The van der Waals surface area contributed by atoms with Crippen LogP contribution in [0.25, 0.3) is 0 Å². The first-order valence-corrected chi connectivity index (χ1v) is 9.19. The fraction of sp³-hybridized carbons (Fsp3) is 0.167. The Morgan fingerprint density at radius 2 is 1.77 bits per heavy atom. The average Bonchev–Trinajstić information content (AvgIpc) is 2.61. The molecule has 2 rings (SSSR count). The summed E-state index contributed by atoms with van der Waals surface area (Å²) in [6.45, 7) is 3.75. The van der Waals surface area contributed by atoms with E-state index in [9.17, 15) is 9.59 Å². The van der Waals surface area contributed by atoms with Crippen LogP contribution in [0.15, 0.2) is 42.5 Å². The van der Waals surface area contributed by atoms with E-state index in [0.717, 1.165) is 14.7 Å². The molecule has 0 heterocycles. The van der Waals surface area contributed by atoms with Gasteiger partial charge in [-0.3, -0.25) is 25.8 Å². The molecule has 26 heavy (non-hydrogen) atoms. The van der Waals surface area contributed by atoms with Gasteiger partial charge < -0.3 is 4.74 Å². The summed E-state index contributed by atoms with van der Waals surface area (Å²) in [7, 11) is 0. The summed E-state index contributed by atoms with van der Waals surface area (Å²) in [5, 5.41) is 2.50. The van der Waals surface area contributed by atoms with Crippen LogP contribution in [0.1, 0.15) is 21.5 Å². The van der Waals surface area contributed by atoms with Gasteiger partial charge in [0.15, 0.2) is 11.7 Å². The number of halogens is 1. The SMILES string of the molecule is Cc1ccc(OCC(=O)NNC(=S)NC(=O)c2ccc(C)c(I)c2)cc1. The summed E-state index contributed by atoms with van der Waals surface area (Å²) in [5.74, 6) is -0.187. The zero-order valence-electron chi connectivity index (χ0n) is 14.3. The molecular formula is C18H18IN3O3S. The highest BCUT2D eigenvalue weighted by Gasteiger charge is 2.10. The van der Waals surface area contributed by atoms with Gasteiger partial charge in [0, 0.05) is 9.13 Å². The van der Waals surface area contributed by atoms with Gasteiger partial charge >= 0.3 is 0 Å². The van der Waals surface area contributed by atoms with E-state index in [4.69, 9.17) is 17.0 Å². The molecule has 2 aromatic rings. The molecule has 0 aliphatic heterocycles. The highest BCUT2D eigenvalue weighted by Crippen LogP contribution is 2.13. The van der Waals surface area contributed by atoms with Crippen molar-refractivity contribution >= 4 is 51.7 Å². The standard InChI is InChI=1S/C18H18IN3O3S/c1-11-3-7-14(8-4-11)25-10-16(23)21-22-18(26)20-17(24)13-6-5-12(2)15(19)9-13/h3-9H,10H2,1-2H3,(H,21,23)(H2,20,22,24,26). The lowest BCUT2D eigenvalue weighted by Crippen LogP contribution is -2.49. The van der Waals surface area contributed by atoms with E-state index in [1.807, 2.05) is 32.0 Å². The lowest BCUT2D eigenvalue weighted by Gasteiger charge is -2.12. The van der Waals surface area contributed by atoms with Gasteiger partial charge in [0.05, 0.1) is 0 Å². The number of rotatable bonds is 4. The predicted molar refractivity (Wildman–Crippen MR) is 112 cm³/mol. The van der Waals surface area contributed by atoms with Gasteiger partial charge in [0.2, 0.25) is 0 Å². The number of benzene rings is 2. The normalized spacial score (nSPS) is 9.96. The van der Waals surface area contributed by atoms with E-state index in [-0.39, 0.29) is 17.6 Å². The maximum atomic E-state index is 12.1. The second-order valence-electron chi connectivity index (χ2n) is 5.52. The third-order valence-electron chi connectivity index (χ3n) is 3.37. The third kappa shape index (κ3) is 6.26. The van der Waals surface area contributed by atoms with Crippen molar-refractivity contribution < 1.29 is 14.3 Å². The van der Waals surface area contributed by atoms with Gasteiger partial charge in [-0.05, 0) is 78.5 Å². The number of ether oxygens (including phenoxy) is 1. The number of hydrazine groups is 1. The number of hydrogen-bond acceptors (Lipinski definition) is 4. The lowest BCUT2D eigenvalue weighted by molar-refractivity contribution is -0.123. The topological polar surface area (TPSA) is 79.5 Å². The minimum Gasteiger partial charge on any atom is -0.484 e. The average molecular weight is 483 g/mol. The molecule has 0 fully saturated rings. The Balaban J connectivity index is 1.75. The Hall–Kier alpha value is -2.20. The van der Waals surface area contributed by atoms with E-state index in [1.165, 1.54) is 0 Å². The van der Waals surface area contributed by atoms with Gasteiger partial charge in [-0.15, -0.1) is 0 Å². The largest absolute Gasteiger partial charge is 0.484 e. The summed E-state index contributed by atoms with van der Waals surface area (Å²) in [6.07, 6.45) is 0. The van der Waals surface area contributed by atoms with Gasteiger partial charge in [-0.2, -0.15) is 0 Å². The number of amides is 2. The monoisotopic (exact) mass is 483 g/mol. The molecule has 0 saturated carbocycles. The van der Waals surface area contributed by atoms with E-state index in [2.05, 4.69) is 38.8 Å². The zero-order valence-corrected chi connectivity index (χ0v) is 17.2.